The zero-order chi connectivity index (χ0) is 11.3. The number of hydrogen-bond donors (Lipinski definition) is 1. The zero-order valence-corrected chi connectivity index (χ0v) is 8.38. The van der Waals surface area contributed by atoms with Gasteiger partial charge in [-0.3, -0.25) is 4.98 Å². The first-order valence-electron chi connectivity index (χ1n) is 4.68. The van der Waals surface area contributed by atoms with E-state index in [2.05, 4.69) is 10.3 Å². The van der Waals surface area contributed by atoms with Gasteiger partial charge in [0.1, 0.15) is 0 Å². The van der Waals surface area contributed by atoms with Crippen molar-refractivity contribution in [3.05, 3.63) is 30.1 Å². The van der Waals surface area contributed by atoms with Crippen LogP contribution < -0.4 is 5.32 Å². The van der Waals surface area contributed by atoms with E-state index in [9.17, 15) is 13.2 Å². The van der Waals surface area contributed by atoms with Crippen molar-refractivity contribution in [1.82, 2.24) is 10.3 Å². The van der Waals surface area contributed by atoms with Crippen LogP contribution >= 0.6 is 0 Å². The summed E-state index contributed by atoms with van der Waals surface area (Å²) in [5, 5.41) is 2.71. The minimum absolute atomic E-state index is 0.0109. The normalized spacial score (nSPS) is 13.9. The van der Waals surface area contributed by atoms with Gasteiger partial charge in [-0.25, -0.2) is 0 Å². The molecule has 1 aromatic rings. The molecule has 0 fully saturated rings. The molecule has 0 saturated carbocycles. The van der Waals surface area contributed by atoms with E-state index in [1.165, 1.54) is 12.3 Å². The molecule has 84 valence electrons. The Hall–Kier alpha value is -1.10. The minimum Gasteiger partial charge on any atom is -0.320 e. The van der Waals surface area contributed by atoms with E-state index in [1.807, 2.05) is 0 Å². The Morgan fingerprint density at radius 2 is 2.13 bits per heavy atom. The van der Waals surface area contributed by atoms with E-state index >= 15 is 0 Å². The van der Waals surface area contributed by atoms with E-state index in [0.717, 1.165) is 0 Å². The Balaban J connectivity index is 2.82. The standard InChI is InChI=1S/C10H13F3N2/c1-14-7-5-8(10(11,12)13)9-4-2-3-6-15-9/h2-4,6,8,14H,5,7H2,1H3. The number of hydrogen-bond acceptors (Lipinski definition) is 2. The summed E-state index contributed by atoms with van der Waals surface area (Å²) in [6.45, 7) is 0.320. The van der Waals surface area contributed by atoms with E-state index in [-0.39, 0.29) is 12.1 Å². The van der Waals surface area contributed by atoms with Gasteiger partial charge in [0.25, 0.3) is 0 Å². The molecule has 0 spiro atoms. The second-order valence-electron chi connectivity index (χ2n) is 3.24. The molecule has 0 aliphatic heterocycles. The fourth-order valence-corrected chi connectivity index (χ4v) is 1.35. The molecule has 1 N–H and O–H groups in total. The van der Waals surface area contributed by atoms with Crippen molar-refractivity contribution < 1.29 is 13.2 Å². The van der Waals surface area contributed by atoms with E-state index < -0.39 is 12.1 Å². The van der Waals surface area contributed by atoms with Crippen molar-refractivity contribution in [3.63, 3.8) is 0 Å². The molecule has 0 bridgehead atoms. The summed E-state index contributed by atoms with van der Waals surface area (Å²) < 4.78 is 38.0. The minimum atomic E-state index is -4.23. The van der Waals surface area contributed by atoms with Gasteiger partial charge in [-0.05, 0) is 32.1 Å². The summed E-state index contributed by atoms with van der Waals surface area (Å²) in [6.07, 6.45) is -2.84. The lowest BCUT2D eigenvalue weighted by Crippen LogP contribution is -2.25. The first-order chi connectivity index (χ1) is 7.05. The highest BCUT2D eigenvalue weighted by molar-refractivity contribution is 5.11. The van der Waals surface area contributed by atoms with Crippen LogP contribution in [0.4, 0.5) is 13.2 Å². The van der Waals surface area contributed by atoms with Crippen LogP contribution in [0.5, 0.6) is 0 Å². The molecule has 0 aliphatic carbocycles. The second kappa shape index (κ2) is 5.11. The molecule has 1 heterocycles. The van der Waals surface area contributed by atoms with E-state index in [0.29, 0.717) is 6.54 Å². The summed E-state index contributed by atoms with van der Waals surface area (Å²) in [5.74, 6) is -1.48. The Labute approximate surface area is 86.5 Å². The number of nitrogens with zero attached hydrogens (tertiary/aromatic N) is 1. The molecule has 2 nitrogen and oxygen atoms in total. The Bertz CT molecular complexity index is 284. The fourth-order valence-electron chi connectivity index (χ4n) is 1.35. The topological polar surface area (TPSA) is 24.9 Å². The summed E-state index contributed by atoms with van der Waals surface area (Å²) in [7, 11) is 1.63. The highest BCUT2D eigenvalue weighted by Crippen LogP contribution is 2.35. The highest BCUT2D eigenvalue weighted by atomic mass is 19.4. The van der Waals surface area contributed by atoms with Crippen molar-refractivity contribution in [2.24, 2.45) is 0 Å². The molecule has 1 aromatic heterocycles. The van der Waals surface area contributed by atoms with Crippen LogP contribution in [0.1, 0.15) is 18.0 Å². The maximum Gasteiger partial charge on any atom is 0.397 e. The van der Waals surface area contributed by atoms with Gasteiger partial charge >= 0.3 is 6.18 Å². The first kappa shape index (κ1) is 12.0. The monoisotopic (exact) mass is 218 g/mol. The smallest absolute Gasteiger partial charge is 0.320 e. The molecule has 15 heavy (non-hydrogen) atoms. The van der Waals surface area contributed by atoms with Crippen molar-refractivity contribution in [2.75, 3.05) is 13.6 Å². The fraction of sp³-hybridized carbons (Fsp3) is 0.500. The Morgan fingerprint density at radius 1 is 1.40 bits per heavy atom. The van der Waals surface area contributed by atoms with Gasteiger partial charge in [0.15, 0.2) is 0 Å². The molecule has 5 heteroatoms. The SMILES string of the molecule is CNCCC(c1ccccn1)C(F)(F)F. The van der Waals surface area contributed by atoms with E-state index in [4.69, 9.17) is 0 Å². The molecular formula is C10H13F3N2. The summed E-state index contributed by atoms with van der Waals surface area (Å²) in [4.78, 5) is 3.75. The molecule has 1 atom stereocenters. The third-order valence-electron chi connectivity index (χ3n) is 2.12. The van der Waals surface area contributed by atoms with Crippen LogP contribution in [0, 0.1) is 0 Å². The van der Waals surface area contributed by atoms with Gasteiger partial charge in [0.05, 0.1) is 11.6 Å². The second-order valence-corrected chi connectivity index (χ2v) is 3.24. The quantitative estimate of drug-likeness (QED) is 0.839. The van der Waals surface area contributed by atoms with Gasteiger partial charge < -0.3 is 5.32 Å². The predicted molar refractivity (Wildman–Crippen MR) is 51.6 cm³/mol. The summed E-state index contributed by atoms with van der Waals surface area (Å²) in [5.41, 5.74) is 0.0836. The van der Waals surface area contributed by atoms with Gasteiger partial charge in [0.2, 0.25) is 0 Å². The highest BCUT2D eigenvalue weighted by Gasteiger charge is 2.40. The lowest BCUT2D eigenvalue weighted by atomic mass is 10.00. The predicted octanol–water partition coefficient (Wildman–Crippen LogP) is 2.34. The largest absolute Gasteiger partial charge is 0.397 e. The zero-order valence-electron chi connectivity index (χ0n) is 8.38. The van der Waals surface area contributed by atoms with Crippen molar-refractivity contribution >= 4 is 0 Å². The van der Waals surface area contributed by atoms with Crippen molar-refractivity contribution in [1.29, 1.82) is 0 Å². The third-order valence-corrected chi connectivity index (χ3v) is 2.12. The maximum atomic E-state index is 12.7. The average Bonchev–Trinajstić information content (AvgIpc) is 2.18. The molecule has 0 saturated heterocycles. The third kappa shape index (κ3) is 3.51. The van der Waals surface area contributed by atoms with Crippen LogP contribution in [-0.2, 0) is 0 Å². The van der Waals surface area contributed by atoms with Crippen LogP contribution in [0.15, 0.2) is 24.4 Å². The van der Waals surface area contributed by atoms with Gasteiger partial charge in [-0.15, -0.1) is 0 Å². The van der Waals surface area contributed by atoms with Crippen molar-refractivity contribution in [3.8, 4) is 0 Å². The van der Waals surface area contributed by atoms with Crippen molar-refractivity contribution in [2.45, 2.75) is 18.5 Å². The number of halogens is 3. The Kier molecular flexibility index (Phi) is 4.08. The van der Waals surface area contributed by atoms with Crippen LogP contribution in [0.3, 0.4) is 0 Å². The number of aromatic nitrogens is 1. The molecule has 0 aliphatic rings. The average molecular weight is 218 g/mol. The molecular weight excluding hydrogens is 205 g/mol. The Morgan fingerprint density at radius 3 is 2.60 bits per heavy atom. The van der Waals surface area contributed by atoms with Gasteiger partial charge in [0, 0.05) is 6.20 Å². The summed E-state index contributed by atoms with van der Waals surface area (Å²) in [6, 6.07) is 4.59. The number of nitrogens with one attached hydrogen (secondary N) is 1. The molecule has 0 amide bonds. The van der Waals surface area contributed by atoms with E-state index in [1.54, 1.807) is 19.2 Å². The lowest BCUT2D eigenvalue weighted by Gasteiger charge is -2.19. The molecule has 1 unspecified atom stereocenters. The van der Waals surface area contributed by atoms with Crippen LogP contribution in [-0.4, -0.2) is 24.8 Å². The summed E-state index contributed by atoms with van der Waals surface area (Å²) >= 11 is 0. The van der Waals surface area contributed by atoms with Gasteiger partial charge in [-0.1, -0.05) is 6.07 Å². The molecule has 0 radical (unpaired) electrons. The number of pyridine rings is 1. The van der Waals surface area contributed by atoms with Crippen LogP contribution in [0.2, 0.25) is 0 Å². The van der Waals surface area contributed by atoms with Crippen LogP contribution in [0.25, 0.3) is 0 Å². The molecule has 0 aromatic carbocycles. The number of rotatable bonds is 4. The maximum absolute atomic E-state index is 12.7. The number of alkyl halides is 3. The first-order valence-corrected chi connectivity index (χ1v) is 4.68. The molecule has 1 rings (SSSR count). The lowest BCUT2D eigenvalue weighted by molar-refractivity contribution is -0.152. The van der Waals surface area contributed by atoms with Gasteiger partial charge in [-0.2, -0.15) is 13.2 Å².